The van der Waals surface area contributed by atoms with Gasteiger partial charge in [0.2, 0.25) is 0 Å². The Morgan fingerprint density at radius 1 is 1.20 bits per heavy atom. The Labute approximate surface area is 95.2 Å². The average molecular weight is 212 g/mol. The molecule has 1 aliphatic carbocycles. The zero-order chi connectivity index (χ0) is 11.3. The third-order valence-corrected chi connectivity index (χ3v) is 3.44. The van der Waals surface area contributed by atoms with Gasteiger partial charge in [-0.2, -0.15) is 0 Å². The molecule has 90 valence electrons. The van der Waals surface area contributed by atoms with E-state index < -0.39 is 0 Å². The lowest BCUT2D eigenvalue weighted by Gasteiger charge is -2.08. The zero-order valence-corrected chi connectivity index (χ0v) is 10.9. The molecule has 2 heteroatoms. The van der Waals surface area contributed by atoms with E-state index in [0.29, 0.717) is 11.5 Å². The van der Waals surface area contributed by atoms with Crippen LogP contribution in [0, 0.1) is 11.3 Å². The molecule has 0 bridgehead atoms. The van der Waals surface area contributed by atoms with Crippen LogP contribution < -0.4 is 10.6 Å². The molecule has 1 saturated carbocycles. The average Bonchev–Trinajstić information content (AvgIpc) is 2.72. The lowest BCUT2D eigenvalue weighted by Crippen LogP contribution is -2.25. The van der Waals surface area contributed by atoms with Crippen molar-refractivity contribution < 1.29 is 0 Å². The molecule has 1 fully saturated rings. The highest BCUT2D eigenvalue weighted by Gasteiger charge is 2.44. The number of rotatable bonds is 8. The highest BCUT2D eigenvalue weighted by Crippen LogP contribution is 2.50. The molecule has 0 heterocycles. The number of hydrogen-bond donors (Lipinski definition) is 2. The van der Waals surface area contributed by atoms with Gasteiger partial charge < -0.3 is 10.6 Å². The minimum Gasteiger partial charge on any atom is -0.316 e. The minimum atomic E-state index is 0.630. The first-order valence-corrected chi connectivity index (χ1v) is 6.46. The molecule has 1 unspecified atom stereocenters. The predicted molar refractivity (Wildman–Crippen MR) is 67.1 cm³/mol. The van der Waals surface area contributed by atoms with Crippen LogP contribution in [0.15, 0.2) is 0 Å². The van der Waals surface area contributed by atoms with E-state index in [2.05, 4.69) is 38.3 Å². The van der Waals surface area contributed by atoms with Crippen molar-refractivity contribution in [1.29, 1.82) is 0 Å². The zero-order valence-electron chi connectivity index (χ0n) is 10.9. The Kier molecular flexibility index (Phi) is 5.07. The molecule has 0 aromatic rings. The smallest absolute Gasteiger partial charge is 0.00103 e. The summed E-state index contributed by atoms with van der Waals surface area (Å²) in [7, 11) is 0. The van der Waals surface area contributed by atoms with E-state index in [0.717, 1.165) is 12.5 Å². The summed E-state index contributed by atoms with van der Waals surface area (Å²) in [6.07, 6.45) is 4.00. The lowest BCUT2D eigenvalue weighted by molar-refractivity contribution is 0.501. The van der Waals surface area contributed by atoms with Gasteiger partial charge in [0.25, 0.3) is 0 Å². The Morgan fingerprint density at radius 3 is 2.33 bits per heavy atom. The maximum Gasteiger partial charge on any atom is 0.00103 e. The van der Waals surface area contributed by atoms with Crippen molar-refractivity contribution >= 4 is 0 Å². The van der Waals surface area contributed by atoms with Gasteiger partial charge in [-0.15, -0.1) is 0 Å². The monoisotopic (exact) mass is 212 g/mol. The van der Waals surface area contributed by atoms with Crippen molar-refractivity contribution in [2.45, 2.75) is 53.0 Å². The van der Waals surface area contributed by atoms with Crippen LogP contribution in [-0.4, -0.2) is 25.7 Å². The summed E-state index contributed by atoms with van der Waals surface area (Å²) >= 11 is 0. The summed E-state index contributed by atoms with van der Waals surface area (Å²) in [6, 6.07) is 0.630. The van der Waals surface area contributed by atoms with Crippen molar-refractivity contribution in [2.24, 2.45) is 11.3 Å². The molecule has 15 heavy (non-hydrogen) atoms. The van der Waals surface area contributed by atoms with Crippen LogP contribution in [0.5, 0.6) is 0 Å². The van der Waals surface area contributed by atoms with Crippen molar-refractivity contribution in [3.8, 4) is 0 Å². The summed E-state index contributed by atoms with van der Waals surface area (Å²) in [5.41, 5.74) is 0.631. The minimum absolute atomic E-state index is 0.630. The van der Waals surface area contributed by atoms with Crippen LogP contribution in [-0.2, 0) is 0 Å². The van der Waals surface area contributed by atoms with Gasteiger partial charge in [-0.1, -0.05) is 27.7 Å². The SMILES string of the molecule is CC(C)NCCCCNCC1CC1(C)C. The van der Waals surface area contributed by atoms with Crippen molar-refractivity contribution in [3.05, 3.63) is 0 Å². The maximum atomic E-state index is 3.56. The fourth-order valence-corrected chi connectivity index (χ4v) is 1.97. The number of nitrogens with one attached hydrogen (secondary N) is 2. The molecule has 1 aliphatic rings. The molecule has 0 aromatic heterocycles. The van der Waals surface area contributed by atoms with E-state index in [1.54, 1.807) is 0 Å². The first-order chi connectivity index (χ1) is 7.02. The number of hydrogen-bond acceptors (Lipinski definition) is 2. The third-order valence-electron chi connectivity index (χ3n) is 3.44. The third kappa shape index (κ3) is 5.53. The predicted octanol–water partition coefficient (Wildman–Crippen LogP) is 2.40. The van der Waals surface area contributed by atoms with Crippen LogP contribution in [0.4, 0.5) is 0 Å². The fourth-order valence-electron chi connectivity index (χ4n) is 1.97. The van der Waals surface area contributed by atoms with E-state index >= 15 is 0 Å². The lowest BCUT2D eigenvalue weighted by atomic mass is 10.1. The molecule has 0 aromatic carbocycles. The topological polar surface area (TPSA) is 24.1 Å². The largest absolute Gasteiger partial charge is 0.316 e. The summed E-state index contributed by atoms with van der Waals surface area (Å²) in [5, 5.41) is 7.01. The highest BCUT2D eigenvalue weighted by atomic mass is 14.9. The van der Waals surface area contributed by atoms with E-state index in [1.165, 1.54) is 32.4 Å². The van der Waals surface area contributed by atoms with E-state index in [-0.39, 0.29) is 0 Å². The molecule has 0 amide bonds. The number of unbranched alkanes of at least 4 members (excludes halogenated alkanes) is 1. The Bertz CT molecular complexity index is 175. The second-order valence-electron chi connectivity index (χ2n) is 5.91. The molecule has 2 N–H and O–H groups in total. The van der Waals surface area contributed by atoms with Gasteiger partial charge in [0, 0.05) is 6.04 Å². The highest BCUT2D eigenvalue weighted by molar-refractivity contribution is 4.95. The first-order valence-electron chi connectivity index (χ1n) is 6.46. The second kappa shape index (κ2) is 5.86. The van der Waals surface area contributed by atoms with Crippen LogP contribution >= 0.6 is 0 Å². The molecule has 2 nitrogen and oxygen atoms in total. The molecular formula is C13H28N2. The van der Waals surface area contributed by atoms with Crippen molar-refractivity contribution in [3.63, 3.8) is 0 Å². The normalized spacial score (nSPS) is 23.4. The van der Waals surface area contributed by atoms with Crippen LogP contribution in [0.2, 0.25) is 0 Å². The first kappa shape index (κ1) is 13.0. The van der Waals surface area contributed by atoms with Crippen LogP contribution in [0.1, 0.15) is 47.0 Å². The Hall–Kier alpha value is -0.0800. The van der Waals surface area contributed by atoms with Crippen molar-refractivity contribution in [1.82, 2.24) is 10.6 Å². The summed E-state index contributed by atoms with van der Waals surface area (Å²) in [6.45, 7) is 12.7. The second-order valence-corrected chi connectivity index (χ2v) is 5.91. The summed E-state index contributed by atoms with van der Waals surface area (Å²) in [4.78, 5) is 0. The van der Waals surface area contributed by atoms with Gasteiger partial charge in [-0.05, 0) is 50.2 Å². The summed E-state index contributed by atoms with van der Waals surface area (Å²) < 4.78 is 0. The Morgan fingerprint density at radius 2 is 1.80 bits per heavy atom. The van der Waals surface area contributed by atoms with Gasteiger partial charge in [0.15, 0.2) is 0 Å². The van der Waals surface area contributed by atoms with Gasteiger partial charge >= 0.3 is 0 Å². The van der Waals surface area contributed by atoms with Gasteiger partial charge in [-0.3, -0.25) is 0 Å². The molecule has 0 aliphatic heterocycles. The fraction of sp³-hybridized carbons (Fsp3) is 1.00. The molecule has 1 atom stereocenters. The van der Waals surface area contributed by atoms with Crippen LogP contribution in [0.3, 0.4) is 0 Å². The van der Waals surface area contributed by atoms with Crippen molar-refractivity contribution in [2.75, 3.05) is 19.6 Å². The molecule has 1 rings (SSSR count). The standard InChI is InChI=1S/C13H28N2/c1-11(2)15-8-6-5-7-14-10-12-9-13(12,3)4/h11-12,14-15H,5-10H2,1-4H3. The van der Waals surface area contributed by atoms with E-state index in [9.17, 15) is 0 Å². The molecule has 0 radical (unpaired) electrons. The maximum absolute atomic E-state index is 3.56. The van der Waals surface area contributed by atoms with Crippen LogP contribution in [0.25, 0.3) is 0 Å². The summed E-state index contributed by atoms with van der Waals surface area (Å²) in [5.74, 6) is 0.936. The van der Waals surface area contributed by atoms with Gasteiger partial charge in [-0.25, -0.2) is 0 Å². The van der Waals surface area contributed by atoms with E-state index in [1.807, 2.05) is 0 Å². The molecule has 0 spiro atoms. The van der Waals surface area contributed by atoms with E-state index in [4.69, 9.17) is 0 Å². The quantitative estimate of drug-likeness (QED) is 0.604. The molecular weight excluding hydrogens is 184 g/mol. The Balaban J connectivity index is 1.78. The molecule has 0 saturated heterocycles. The van der Waals surface area contributed by atoms with Gasteiger partial charge in [0.05, 0.1) is 0 Å². The van der Waals surface area contributed by atoms with Gasteiger partial charge in [0.1, 0.15) is 0 Å².